The molecule has 0 radical (unpaired) electrons. The first-order valence-corrected chi connectivity index (χ1v) is 3.26. The van der Waals surface area contributed by atoms with Gasteiger partial charge in [-0.25, -0.2) is 10.2 Å². The number of hydrogen-bond donors (Lipinski definition) is 1. The Balaban J connectivity index is 2.61. The second-order valence-corrected chi connectivity index (χ2v) is 2.32. The van der Waals surface area contributed by atoms with Gasteiger partial charge in [-0.2, -0.15) is 0 Å². The van der Waals surface area contributed by atoms with Gasteiger partial charge in [0.2, 0.25) is 0 Å². The molecule has 0 saturated heterocycles. The molecule has 3 heteroatoms. The summed E-state index contributed by atoms with van der Waals surface area (Å²) in [6.07, 6.45) is 0. The lowest BCUT2D eigenvalue weighted by atomic mass is 10.4. The predicted octanol–water partition coefficient (Wildman–Crippen LogP) is 1.58. The molecule has 0 atom stereocenters. The maximum Gasteiger partial charge on any atom is 0.0521 e. The van der Waals surface area contributed by atoms with Crippen LogP contribution >= 0.6 is 12.0 Å². The van der Waals surface area contributed by atoms with Gasteiger partial charge in [-0.3, -0.25) is 0 Å². The molecule has 0 fully saturated rings. The molecule has 0 aliphatic carbocycles. The monoisotopic (exact) mass is 141 g/mol. The van der Waals surface area contributed by atoms with Gasteiger partial charge in [-0.05, 0) is 12.1 Å². The zero-order valence-electron chi connectivity index (χ0n) is 4.78. The van der Waals surface area contributed by atoms with Gasteiger partial charge in [-0.15, -0.1) is 0 Å². The van der Waals surface area contributed by atoms with Crippen LogP contribution in [-0.2, 0) is 4.28 Å². The Morgan fingerprint density at radius 2 is 1.89 bits per heavy atom. The van der Waals surface area contributed by atoms with E-state index in [1.165, 1.54) is 0 Å². The Labute approximate surface area is 58.2 Å². The smallest absolute Gasteiger partial charge is 0.0521 e. The summed E-state index contributed by atoms with van der Waals surface area (Å²) in [5.74, 6) is 4.82. The van der Waals surface area contributed by atoms with Crippen LogP contribution in [0, 0.1) is 0 Å². The van der Waals surface area contributed by atoms with Crippen LogP contribution in [0.1, 0.15) is 0 Å². The fraction of sp³-hybridized carbons (Fsp3) is 0. The molecule has 0 heterocycles. The Kier molecular flexibility index (Phi) is 2.57. The zero-order chi connectivity index (χ0) is 6.53. The third kappa shape index (κ3) is 2.05. The van der Waals surface area contributed by atoms with Crippen LogP contribution in [0.25, 0.3) is 0 Å². The van der Waals surface area contributed by atoms with E-state index < -0.39 is 0 Å². The molecule has 1 aromatic carbocycles. The van der Waals surface area contributed by atoms with Crippen molar-refractivity contribution < 1.29 is 4.28 Å². The van der Waals surface area contributed by atoms with Crippen LogP contribution in [-0.4, -0.2) is 0 Å². The molecule has 0 saturated carbocycles. The molecule has 0 aliphatic heterocycles. The highest BCUT2D eigenvalue weighted by molar-refractivity contribution is 7.94. The standard InChI is InChI=1S/C6H7NOS/c7-8-9-6-4-2-1-3-5-6/h1-5H,7H2. The summed E-state index contributed by atoms with van der Waals surface area (Å²) in [5.41, 5.74) is 0. The fourth-order valence-corrected chi connectivity index (χ4v) is 0.911. The van der Waals surface area contributed by atoms with E-state index in [9.17, 15) is 0 Å². The Bertz CT molecular complexity index is 166. The van der Waals surface area contributed by atoms with Crippen molar-refractivity contribution in [3.05, 3.63) is 30.3 Å². The summed E-state index contributed by atoms with van der Waals surface area (Å²) >= 11 is 1.15. The van der Waals surface area contributed by atoms with E-state index in [-0.39, 0.29) is 0 Å². The lowest BCUT2D eigenvalue weighted by molar-refractivity contribution is 0.398. The molecule has 0 aromatic heterocycles. The van der Waals surface area contributed by atoms with Crippen LogP contribution in [0.3, 0.4) is 0 Å². The van der Waals surface area contributed by atoms with Gasteiger partial charge < -0.3 is 0 Å². The largest absolute Gasteiger partial charge is 0.229 e. The highest BCUT2D eigenvalue weighted by atomic mass is 32.2. The van der Waals surface area contributed by atoms with Crippen LogP contribution < -0.4 is 5.90 Å². The molecular formula is C6H7NOS. The molecule has 2 nitrogen and oxygen atoms in total. The first-order chi connectivity index (χ1) is 4.43. The topological polar surface area (TPSA) is 35.2 Å². The molecule has 0 spiro atoms. The molecule has 0 amide bonds. The van der Waals surface area contributed by atoms with Gasteiger partial charge in [0, 0.05) is 4.90 Å². The van der Waals surface area contributed by atoms with Gasteiger partial charge in [0.15, 0.2) is 0 Å². The maximum absolute atomic E-state index is 4.82. The summed E-state index contributed by atoms with van der Waals surface area (Å²) in [7, 11) is 0. The van der Waals surface area contributed by atoms with E-state index in [0.717, 1.165) is 16.9 Å². The van der Waals surface area contributed by atoms with Crippen molar-refractivity contribution in [1.82, 2.24) is 0 Å². The van der Waals surface area contributed by atoms with Crippen LogP contribution in [0.4, 0.5) is 0 Å². The molecule has 1 rings (SSSR count). The average Bonchev–Trinajstić information content (AvgIpc) is 1.91. The quantitative estimate of drug-likeness (QED) is 0.501. The molecule has 0 aliphatic rings. The van der Waals surface area contributed by atoms with Gasteiger partial charge in [0.05, 0.1) is 12.0 Å². The molecule has 9 heavy (non-hydrogen) atoms. The van der Waals surface area contributed by atoms with Crippen molar-refractivity contribution >= 4 is 12.0 Å². The van der Waals surface area contributed by atoms with Crippen molar-refractivity contribution in [1.29, 1.82) is 0 Å². The van der Waals surface area contributed by atoms with E-state index in [4.69, 9.17) is 5.90 Å². The van der Waals surface area contributed by atoms with Crippen LogP contribution in [0.15, 0.2) is 35.2 Å². The number of hydrogen-bond acceptors (Lipinski definition) is 3. The van der Waals surface area contributed by atoms with Crippen molar-refractivity contribution in [3.8, 4) is 0 Å². The molecule has 48 valence electrons. The van der Waals surface area contributed by atoms with Gasteiger partial charge in [0.25, 0.3) is 0 Å². The third-order valence-electron chi connectivity index (χ3n) is 0.888. The minimum absolute atomic E-state index is 1.01. The third-order valence-corrected chi connectivity index (χ3v) is 1.45. The minimum Gasteiger partial charge on any atom is -0.229 e. The second kappa shape index (κ2) is 3.50. The zero-order valence-corrected chi connectivity index (χ0v) is 5.60. The molecule has 2 N–H and O–H groups in total. The number of benzene rings is 1. The normalized spacial score (nSPS) is 9.44. The summed E-state index contributed by atoms with van der Waals surface area (Å²) in [6.45, 7) is 0. The first-order valence-electron chi connectivity index (χ1n) is 2.52. The minimum atomic E-state index is 1.01. The average molecular weight is 141 g/mol. The van der Waals surface area contributed by atoms with Crippen molar-refractivity contribution in [2.45, 2.75) is 4.90 Å². The molecule has 0 bridgehead atoms. The van der Waals surface area contributed by atoms with Crippen LogP contribution in [0.5, 0.6) is 0 Å². The number of rotatable bonds is 2. The van der Waals surface area contributed by atoms with Crippen molar-refractivity contribution in [3.63, 3.8) is 0 Å². The number of nitrogens with two attached hydrogens (primary N) is 1. The summed E-state index contributed by atoms with van der Waals surface area (Å²) in [5, 5.41) is 0. The van der Waals surface area contributed by atoms with E-state index in [2.05, 4.69) is 4.28 Å². The SMILES string of the molecule is NOSc1ccccc1. The van der Waals surface area contributed by atoms with E-state index in [0.29, 0.717) is 0 Å². The maximum atomic E-state index is 4.82. The summed E-state index contributed by atoms with van der Waals surface area (Å²) in [4.78, 5) is 1.01. The predicted molar refractivity (Wildman–Crippen MR) is 37.6 cm³/mol. The van der Waals surface area contributed by atoms with Crippen LogP contribution in [0.2, 0.25) is 0 Å². The highest BCUT2D eigenvalue weighted by Gasteiger charge is 1.86. The van der Waals surface area contributed by atoms with Gasteiger partial charge >= 0.3 is 0 Å². The summed E-state index contributed by atoms with van der Waals surface area (Å²) < 4.78 is 4.34. The van der Waals surface area contributed by atoms with Crippen molar-refractivity contribution in [2.24, 2.45) is 5.90 Å². The highest BCUT2D eigenvalue weighted by Crippen LogP contribution is 2.14. The van der Waals surface area contributed by atoms with Crippen molar-refractivity contribution in [2.75, 3.05) is 0 Å². The Morgan fingerprint density at radius 3 is 2.44 bits per heavy atom. The Morgan fingerprint density at radius 1 is 1.22 bits per heavy atom. The van der Waals surface area contributed by atoms with E-state index in [1.807, 2.05) is 30.3 Å². The van der Waals surface area contributed by atoms with E-state index >= 15 is 0 Å². The molecule has 1 aromatic rings. The molecular weight excluding hydrogens is 134 g/mol. The van der Waals surface area contributed by atoms with Gasteiger partial charge in [-0.1, -0.05) is 18.2 Å². The fourth-order valence-electron chi connectivity index (χ4n) is 0.532. The second-order valence-electron chi connectivity index (χ2n) is 1.49. The van der Waals surface area contributed by atoms with Gasteiger partial charge in [0.1, 0.15) is 0 Å². The Hall–Kier alpha value is -0.510. The molecule has 0 unspecified atom stereocenters. The lowest BCUT2D eigenvalue weighted by Crippen LogP contribution is -1.86. The van der Waals surface area contributed by atoms with E-state index in [1.54, 1.807) is 0 Å². The first kappa shape index (κ1) is 6.61. The lowest BCUT2D eigenvalue weighted by Gasteiger charge is -1.92. The summed E-state index contributed by atoms with van der Waals surface area (Å²) in [6, 6.07) is 9.67.